The summed E-state index contributed by atoms with van der Waals surface area (Å²) in [6.45, 7) is 6.53. The van der Waals surface area contributed by atoms with Gasteiger partial charge in [-0.25, -0.2) is 13.2 Å². The zero-order valence-corrected chi connectivity index (χ0v) is 18.8. The van der Waals surface area contributed by atoms with Crippen molar-refractivity contribution in [3.8, 4) is 16.8 Å². The van der Waals surface area contributed by atoms with Crippen molar-refractivity contribution in [3.05, 3.63) is 59.6 Å². The van der Waals surface area contributed by atoms with Gasteiger partial charge in [0.15, 0.2) is 11.6 Å². The molecule has 6 nitrogen and oxygen atoms in total. The molecule has 2 aromatic carbocycles. The number of aromatic nitrogens is 4. The van der Waals surface area contributed by atoms with Crippen molar-refractivity contribution in [2.45, 2.75) is 39.3 Å². The van der Waals surface area contributed by atoms with Crippen LogP contribution in [0.15, 0.2) is 36.5 Å². The molecule has 0 spiro atoms. The van der Waals surface area contributed by atoms with Gasteiger partial charge in [-0.2, -0.15) is 0 Å². The molecule has 4 aromatic rings. The Hall–Kier alpha value is -3.33. The molecule has 1 aliphatic rings. The maximum absolute atomic E-state index is 16.3. The molecule has 1 aliphatic heterocycles. The van der Waals surface area contributed by atoms with Gasteiger partial charge in [-0.15, -0.1) is 10.2 Å². The number of nitrogens with one attached hydrogen (secondary N) is 1. The Morgan fingerprint density at radius 2 is 1.97 bits per heavy atom. The number of aryl methyl sites for hydroxylation is 1. The highest BCUT2D eigenvalue weighted by Crippen LogP contribution is 2.46. The summed E-state index contributed by atoms with van der Waals surface area (Å²) < 4.78 is 53.6. The highest BCUT2D eigenvalue weighted by atomic mass is 19.3. The molecule has 3 heterocycles. The summed E-state index contributed by atoms with van der Waals surface area (Å²) in [5, 5.41) is 12.2. The van der Waals surface area contributed by atoms with E-state index in [1.807, 2.05) is 36.7 Å². The molecule has 0 fully saturated rings. The van der Waals surface area contributed by atoms with E-state index in [2.05, 4.69) is 15.5 Å². The molecule has 0 saturated carbocycles. The first-order valence-corrected chi connectivity index (χ1v) is 10.7. The third kappa shape index (κ3) is 3.21. The van der Waals surface area contributed by atoms with Gasteiger partial charge in [0.1, 0.15) is 11.5 Å². The van der Waals surface area contributed by atoms with Gasteiger partial charge >= 0.3 is 0 Å². The number of anilines is 1. The van der Waals surface area contributed by atoms with E-state index in [0.717, 1.165) is 5.52 Å². The lowest BCUT2D eigenvalue weighted by Crippen LogP contribution is -2.36. The third-order valence-corrected chi connectivity index (χ3v) is 6.18. The quantitative estimate of drug-likeness (QED) is 0.427. The monoisotopic (exact) mass is 455 g/mol. The number of hydrogen-bond acceptors (Lipinski definition) is 4. The standard InChI is InChI=1S/C24H24F3N5O/c1-13-29-30-23-24(2,3)28-17-12-16(22(26)27)19(20(25)21(17)32(13)23)15-6-5-7-18-14(15)8-9-31(18)10-11-33-4/h5-9,12,22,28H,10-11H2,1-4H3. The van der Waals surface area contributed by atoms with Crippen LogP contribution in [0.25, 0.3) is 27.7 Å². The summed E-state index contributed by atoms with van der Waals surface area (Å²) in [5.41, 5.74) is 0.498. The van der Waals surface area contributed by atoms with Gasteiger partial charge in [-0.05, 0) is 44.5 Å². The van der Waals surface area contributed by atoms with Crippen LogP contribution >= 0.6 is 0 Å². The van der Waals surface area contributed by atoms with Crippen LogP contribution in [-0.4, -0.2) is 33.0 Å². The largest absolute Gasteiger partial charge is 0.383 e. The minimum absolute atomic E-state index is 0.112. The van der Waals surface area contributed by atoms with Crippen molar-refractivity contribution in [2.75, 3.05) is 19.0 Å². The fourth-order valence-corrected chi connectivity index (χ4v) is 4.67. The summed E-state index contributed by atoms with van der Waals surface area (Å²) in [6.07, 6.45) is -1.00. The number of methoxy groups -OCH3 is 1. The van der Waals surface area contributed by atoms with Crippen molar-refractivity contribution in [3.63, 3.8) is 0 Å². The predicted octanol–water partition coefficient (Wildman–Crippen LogP) is 5.58. The van der Waals surface area contributed by atoms with Gasteiger partial charge in [0.25, 0.3) is 6.43 Å². The number of benzene rings is 2. The smallest absolute Gasteiger partial charge is 0.264 e. The van der Waals surface area contributed by atoms with Gasteiger partial charge in [0, 0.05) is 41.9 Å². The number of ether oxygens (including phenoxy) is 1. The fourth-order valence-electron chi connectivity index (χ4n) is 4.67. The lowest BCUT2D eigenvalue weighted by atomic mass is 9.92. The Bertz CT molecular complexity index is 1370. The van der Waals surface area contributed by atoms with E-state index in [0.29, 0.717) is 35.8 Å². The summed E-state index contributed by atoms with van der Waals surface area (Å²) in [5.74, 6) is 0.276. The van der Waals surface area contributed by atoms with Gasteiger partial charge < -0.3 is 14.6 Å². The fraction of sp³-hybridized carbons (Fsp3) is 0.333. The SMILES string of the molecule is COCCn1ccc2c(-c3c(C(F)F)cc4c(c3F)-n3c(C)nnc3C(C)(C)N4)cccc21. The van der Waals surface area contributed by atoms with Crippen molar-refractivity contribution in [2.24, 2.45) is 0 Å². The molecule has 0 unspecified atom stereocenters. The van der Waals surface area contributed by atoms with Crippen LogP contribution in [0.4, 0.5) is 18.9 Å². The molecule has 0 atom stereocenters. The minimum Gasteiger partial charge on any atom is -0.383 e. The number of rotatable bonds is 5. The van der Waals surface area contributed by atoms with Crippen molar-refractivity contribution >= 4 is 16.6 Å². The van der Waals surface area contributed by atoms with Crippen molar-refractivity contribution in [1.29, 1.82) is 0 Å². The molecule has 172 valence electrons. The average Bonchev–Trinajstić information content (AvgIpc) is 3.36. The van der Waals surface area contributed by atoms with Crippen LogP contribution in [-0.2, 0) is 16.8 Å². The second kappa shape index (κ2) is 7.62. The molecule has 0 amide bonds. The number of halogens is 3. The van der Waals surface area contributed by atoms with Gasteiger partial charge in [0.05, 0.1) is 17.8 Å². The van der Waals surface area contributed by atoms with E-state index < -0.39 is 17.8 Å². The number of fused-ring (bicyclic) bond motifs is 4. The van der Waals surface area contributed by atoms with Crippen LogP contribution < -0.4 is 5.32 Å². The first-order chi connectivity index (χ1) is 15.7. The predicted molar refractivity (Wildman–Crippen MR) is 120 cm³/mol. The highest BCUT2D eigenvalue weighted by Gasteiger charge is 2.38. The summed E-state index contributed by atoms with van der Waals surface area (Å²) in [6, 6.07) is 8.50. The van der Waals surface area contributed by atoms with Gasteiger partial charge in [0.2, 0.25) is 0 Å². The molecule has 0 radical (unpaired) electrons. The van der Waals surface area contributed by atoms with Crippen molar-refractivity contribution < 1.29 is 17.9 Å². The summed E-state index contributed by atoms with van der Waals surface area (Å²) in [4.78, 5) is 0. The van der Waals surface area contributed by atoms with Gasteiger partial charge in [-0.3, -0.25) is 4.57 Å². The molecule has 5 rings (SSSR count). The number of hydrogen-bond donors (Lipinski definition) is 1. The summed E-state index contributed by atoms with van der Waals surface area (Å²) in [7, 11) is 1.62. The van der Waals surface area contributed by atoms with Crippen LogP contribution in [0.1, 0.15) is 37.5 Å². The molecule has 9 heteroatoms. The molecule has 2 aromatic heterocycles. The Morgan fingerprint density at radius 3 is 2.70 bits per heavy atom. The van der Waals surface area contributed by atoms with Crippen LogP contribution in [0.2, 0.25) is 0 Å². The zero-order chi connectivity index (χ0) is 23.5. The first-order valence-electron chi connectivity index (χ1n) is 10.7. The molecule has 0 aliphatic carbocycles. The van der Waals surface area contributed by atoms with E-state index in [9.17, 15) is 8.78 Å². The van der Waals surface area contributed by atoms with Crippen LogP contribution in [0, 0.1) is 12.7 Å². The Labute approximate surface area is 189 Å². The molecule has 0 bridgehead atoms. The molecule has 1 N–H and O–H groups in total. The Morgan fingerprint density at radius 1 is 1.18 bits per heavy atom. The second-order valence-electron chi connectivity index (χ2n) is 8.75. The van der Waals surface area contributed by atoms with Crippen LogP contribution in [0.3, 0.4) is 0 Å². The summed E-state index contributed by atoms with van der Waals surface area (Å²) >= 11 is 0. The van der Waals surface area contributed by atoms with E-state index in [-0.39, 0.29) is 22.5 Å². The molecule has 0 saturated heterocycles. The third-order valence-electron chi connectivity index (χ3n) is 6.18. The topological polar surface area (TPSA) is 56.9 Å². The number of nitrogens with zero attached hydrogens (tertiary/aromatic N) is 4. The van der Waals surface area contributed by atoms with E-state index >= 15 is 4.39 Å². The highest BCUT2D eigenvalue weighted by molar-refractivity contribution is 5.97. The minimum atomic E-state index is -2.86. The van der Waals surface area contributed by atoms with E-state index in [1.54, 1.807) is 30.7 Å². The first kappa shape index (κ1) is 21.5. The normalized spacial score (nSPS) is 14.4. The Kier molecular flexibility index (Phi) is 4.97. The maximum Gasteiger partial charge on any atom is 0.264 e. The Balaban J connectivity index is 1.81. The van der Waals surface area contributed by atoms with Crippen molar-refractivity contribution in [1.82, 2.24) is 19.3 Å². The lowest BCUT2D eigenvalue weighted by Gasteiger charge is -2.35. The molecule has 33 heavy (non-hydrogen) atoms. The van der Waals surface area contributed by atoms with E-state index in [1.165, 1.54) is 6.07 Å². The zero-order valence-electron chi connectivity index (χ0n) is 18.8. The second-order valence-corrected chi connectivity index (χ2v) is 8.75. The van der Waals surface area contributed by atoms with E-state index in [4.69, 9.17) is 4.74 Å². The molecular weight excluding hydrogens is 431 g/mol. The van der Waals surface area contributed by atoms with Gasteiger partial charge in [-0.1, -0.05) is 12.1 Å². The molecular formula is C24H24F3N5O. The lowest BCUT2D eigenvalue weighted by molar-refractivity contribution is 0.151. The number of alkyl halides is 2. The van der Waals surface area contributed by atoms with Crippen LogP contribution in [0.5, 0.6) is 0 Å². The maximum atomic E-state index is 16.3. The average molecular weight is 455 g/mol.